The highest BCUT2D eigenvalue weighted by Crippen LogP contribution is 2.42. The van der Waals surface area contributed by atoms with Crippen molar-refractivity contribution >= 4 is 22.7 Å². The Morgan fingerprint density at radius 2 is 1.58 bits per heavy atom. The molecule has 0 aliphatic carbocycles. The van der Waals surface area contributed by atoms with Crippen LogP contribution in [0.15, 0.2) is 18.2 Å². The highest BCUT2D eigenvalue weighted by molar-refractivity contribution is 6.06. The standard InChI is InChI=1S/C18H20O6/c1-6-23-18(20)12-9-15(24-11(3)19)17-14(22-5)8-7-13(21-4)16(17)10(12)2/h7-9H,6H2,1-5H3. The lowest BCUT2D eigenvalue weighted by atomic mass is 9.97. The molecular weight excluding hydrogens is 312 g/mol. The molecule has 6 nitrogen and oxygen atoms in total. The molecule has 0 saturated heterocycles. The molecule has 6 heteroatoms. The molecule has 0 aromatic heterocycles. The number of methoxy groups -OCH3 is 2. The summed E-state index contributed by atoms with van der Waals surface area (Å²) < 4.78 is 21.2. The summed E-state index contributed by atoms with van der Waals surface area (Å²) in [6.45, 7) is 5.05. The minimum atomic E-state index is -0.500. The molecule has 0 amide bonds. The number of carbonyl (C=O) groups excluding carboxylic acids is 2. The second kappa shape index (κ2) is 7.21. The number of fused-ring (bicyclic) bond motifs is 1. The minimum Gasteiger partial charge on any atom is -0.496 e. The number of benzene rings is 2. The molecule has 0 heterocycles. The predicted molar refractivity (Wildman–Crippen MR) is 89.1 cm³/mol. The van der Waals surface area contributed by atoms with Crippen LogP contribution in [0, 0.1) is 6.92 Å². The average molecular weight is 332 g/mol. The summed E-state index contributed by atoms with van der Waals surface area (Å²) in [6, 6.07) is 4.96. The van der Waals surface area contributed by atoms with Gasteiger partial charge in [0.15, 0.2) is 0 Å². The first-order valence-corrected chi connectivity index (χ1v) is 7.48. The van der Waals surface area contributed by atoms with E-state index in [9.17, 15) is 9.59 Å². The fourth-order valence-corrected chi connectivity index (χ4v) is 2.62. The number of hydrogen-bond donors (Lipinski definition) is 0. The summed E-state index contributed by atoms with van der Waals surface area (Å²) >= 11 is 0. The first-order chi connectivity index (χ1) is 11.4. The third-order valence-corrected chi connectivity index (χ3v) is 3.62. The van der Waals surface area contributed by atoms with Crippen LogP contribution in [0.25, 0.3) is 10.8 Å². The molecule has 0 aliphatic heterocycles. The molecular formula is C18H20O6. The lowest BCUT2D eigenvalue weighted by Crippen LogP contribution is -2.10. The van der Waals surface area contributed by atoms with Crippen molar-refractivity contribution in [3.8, 4) is 17.2 Å². The molecule has 0 saturated carbocycles. The summed E-state index contributed by atoms with van der Waals surface area (Å²) in [5.41, 5.74) is 0.974. The van der Waals surface area contributed by atoms with Crippen molar-refractivity contribution in [2.45, 2.75) is 20.8 Å². The maximum Gasteiger partial charge on any atom is 0.338 e. The maximum atomic E-state index is 12.3. The maximum absolute atomic E-state index is 12.3. The summed E-state index contributed by atoms with van der Waals surface area (Å²) in [6.07, 6.45) is 0. The summed E-state index contributed by atoms with van der Waals surface area (Å²) in [5.74, 6) is 0.292. The molecule has 0 atom stereocenters. The zero-order chi connectivity index (χ0) is 17.9. The van der Waals surface area contributed by atoms with Gasteiger partial charge in [0.05, 0.1) is 31.8 Å². The molecule has 0 unspecified atom stereocenters. The lowest BCUT2D eigenvalue weighted by molar-refractivity contribution is -0.131. The Hall–Kier alpha value is -2.76. The average Bonchev–Trinajstić information content (AvgIpc) is 2.55. The van der Waals surface area contributed by atoms with E-state index in [1.54, 1.807) is 26.0 Å². The lowest BCUT2D eigenvalue weighted by Gasteiger charge is -2.17. The van der Waals surface area contributed by atoms with Gasteiger partial charge in [0, 0.05) is 12.3 Å². The van der Waals surface area contributed by atoms with E-state index in [4.69, 9.17) is 18.9 Å². The second-order valence-corrected chi connectivity index (χ2v) is 5.08. The normalized spacial score (nSPS) is 10.4. The van der Waals surface area contributed by atoms with Gasteiger partial charge in [0.2, 0.25) is 0 Å². The Morgan fingerprint density at radius 1 is 1.00 bits per heavy atom. The highest BCUT2D eigenvalue weighted by atomic mass is 16.5. The van der Waals surface area contributed by atoms with E-state index in [0.717, 1.165) is 0 Å². The van der Waals surface area contributed by atoms with Crippen LogP contribution in [-0.2, 0) is 9.53 Å². The van der Waals surface area contributed by atoms with E-state index < -0.39 is 11.9 Å². The molecule has 0 aliphatic rings. The van der Waals surface area contributed by atoms with E-state index in [1.165, 1.54) is 27.2 Å². The van der Waals surface area contributed by atoms with Crippen molar-refractivity contribution in [1.29, 1.82) is 0 Å². The van der Waals surface area contributed by atoms with Gasteiger partial charge in [-0.25, -0.2) is 4.79 Å². The molecule has 2 aromatic rings. The van der Waals surface area contributed by atoms with Crippen LogP contribution >= 0.6 is 0 Å². The molecule has 0 bridgehead atoms. The SMILES string of the molecule is CCOC(=O)c1cc(OC(C)=O)c2c(OC)ccc(OC)c2c1C. The summed E-state index contributed by atoms with van der Waals surface area (Å²) in [7, 11) is 3.05. The third kappa shape index (κ3) is 3.13. The number of aryl methyl sites for hydroxylation is 1. The number of esters is 2. The fraction of sp³-hybridized carbons (Fsp3) is 0.333. The Labute approximate surface area is 140 Å². The molecule has 2 rings (SSSR count). The summed E-state index contributed by atoms with van der Waals surface area (Å²) in [4.78, 5) is 23.8. The van der Waals surface area contributed by atoms with E-state index >= 15 is 0 Å². The van der Waals surface area contributed by atoms with Gasteiger partial charge in [-0.05, 0) is 37.6 Å². The van der Waals surface area contributed by atoms with Gasteiger partial charge in [-0.1, -0.05) is 0 Å². The van der Waals surface area contributed by atoms with Gasteiger partial charge in [-0.3, -0.25) is 4.79 Å². The van der Waals surface area contributed by atoms with Crippen LogP contribution < -0.4 is 14.2 Å². The van der Waals surface area contributed by atoms with Crippen LogP contribution in [0.1, 0.15) is 29.8 Å². The van der Waals surface area contributed by atoms with E-state index in [2.05, 4.69) is 0 Å². The largest absolute Gasteiger partial charge is 0.496 e. The molecule has 24 heavy (non-hydrogen) atoms. The first kappa shape index (κ1) is 17.6. The van der Waals surface area contributed by atoms with E-state index in [0.29, 0.717) is 33.4 Å². The minimum absolute atomic E-state index is 0.224. The summed E-state index contributed by atoms with van der Waals surface area (Å²) in [5, 5.41) is 1.20. The molecule has 0 fully saturated rings. The monoisotopic (exact) mass is 332 g/mol. The highest BCUT2D eigenvalue weighted by Gasteiger charge is 2.22. The Morgan fingerprint density at radius 3 is 2.08 bits per heavy atom. The van der Waals surface area contributed by atoms with Crippen LogP contribution in [0.4, 0.5) is 0 Å². The van der Waals surface area contributed by atoms with Crippen molar-refractivity contribution in [3.05, 3.63) is 29.3 Å². The van der Waals surface area contributed by atoms with Crippen LogP contribution in [0.3, 0.4) is 0 Å². The number of ether oxygens (including phenoxy) is 4. The van der Waals surface area contributed by atoms with E-state index in [-0.39, 0.29) is 12.4 Å². The topological polar surface area (TPSA) is 71.1 Å². The number of hydrogen-bond acceptors (Lipinski definition) is 6. The van der Waals surface area contributed by atoms with E-state index in [1.807, 2.05) is 0 Å². The first-order valence-electron chi connectivity index (χ1n) is 7.48. The Bertz CT molecular complexity index is 794. The van der Waals surface area contributed by atoms with Crippen LogP contribution in [0.2, 0.25) is 0 Å². The van der Waals surface area contributed by atoms with Crippen molar-refractivity contribution in [2.75, 3.05) is 20.8 Å². The Kier molecular flexibility index (Phi) is 5.28. The smallest absolute Gasteiger partial charge is 0.338 e. The fourth-order valence-electron chi connectivity index (χ4n) is 2.62. The van der Waals surface area contributed by atoms with Gasteiger partial charge in [-0.15, -0.1) is 0 Å². The molecule has 128 valence electrons. The third-order valence-electron chi connectivity index (χ3n) is 3.62. The molecule has 0 radical (unpaired) electrons. The van der Waals surface area contributed by atoms with Gasteiger partial charge >= 0.3 is 11.9 Å². The Balaban J connectivity index is 2.91. The molecule has 2 aromatic carbocycles. The molecule has 0 N–H and O–H groups in total. The van der Waals surface area contributed by atoms with Crippen molar-refractivity contribution in [1.82, 2.24) is 0 Å². The van der Waals surface area contributed by atoms with Gasteiger partial charge in [-0.2, -0.15) is 0 Å². The van der Waals surface area contributed by atoms with Gasteiger partial charge in [0.25, 0.3) is 0 Å². The quantitative estimate of drug-likeness (QED) is 0.618. The number of carbonyl (C=O) groups is 2. The number of rotatable bonds is 5. The van der Waals surface area contributed by atoms with Gasteiger partial charge in [0.1, 0.15) is 17.2 Å². The van der Waals surface area contributed by atoms with Crippen molar-refractivity contribution in [2.24, 2.45) is 0 Å². The van der Waals surface area contributed by atoms with Gasteiger partial charge < -0.3 is 18.9 Å². The second-order valence-electron chi connectivity index (χ2n) is 5.08. The zero-order valence-electron chi connectivity index (χ0n) is 14.4. The molecule has 0 spiro atoms. The van der Waals surface area contributed by atoms with Crippen molar-refractivity contribution in [3.63, 3.8) is 0 Å². The van der Waals surface area contributed by atoms with Crippen LogP contribution in [-0.4, -0.2) is 32.8 Å². The van der Waals surface area contributed by atoms with Crippen molar-refractivity contribution < 1.29 is 28.5 Å². The zero-order valence-corrected chi connectivity index (χ0v) is 14.4. The van der Waals surface area contributed by atoms with Crippen LogP contribution in [0.5, 0.6) is 17.2 Å². The predicted octanol–water partition coefficient (Wildman–Crippen LogP) is 3.27.